The van der Waals surface area contributed by atoms with Gasteiger partial charge in [0.1, 0.15) is 0 Å². The Balaban J connectivity index is 3.28. The molecule has 0 fully saturated rings. The zero-order valence-corrected chi connectivity index (χ0v) is 7.65. The lowest BCUT2D eigenvalue weighted by Gasteiger charge is -2.18. The van der Waals surface area contributed by atoms with Crippen LogP contribution in [0.5, 0.6) is 0 Å². The summed E-state index contributed by atoms with van der Waals surface area (Å²) in [4.78, 5) is 0. The predicted molar refractivity (Wildman–Crippen MR) is 41.9 cm³/mol. The van der Waals surface area contributed by atoms with Gasteiger partial charge in [0, 0.05) is 0 Å². The van der Waals surface area contributed by atoms with Gasteiger partial charge < -0.3 is 0 Å². The van der Waals surface area contributed by atoms with E-state index in [0.29, 0.717) is 0 Å². The molecule has 4 heteroatoms. The maximum atomic E-state index is 13.0. The van der Waals surface area contributed by atoms with Gasteiger partial charge in [-0.05, 0) is 27.7 Å². The first kappa shape index (κ1) is 9.16. The largest absolute Gasteiger partial charge is 0.248 e. The van der Waals surface area contributed by atoms with E-state index in [1.54, 1.807) is 20.8 Å². The Morgan fingerprint density at radius 2 is 1.75 bits per heavy atom. The van der Waals surface area contributed by atoms with Crippen molar-refractivity contribution in [2.75, 3.05) is 0 Å². The minimum Gasteiger partial charge on any atom is -0.231 e. The monoisotopic (exact) mass is 174 g/mol. The molecule has 1 heterocycles. The average molecular weight is 174 g/mol. The lowest BCUT2D eigenvalue weighted by molar-refractivity contribution is 0.289. The second-order valence-corrected chi connectivity index (χ2v) is 3.77. The van der Waals surface area contributed by atoms with Gasteiger partial charge in [-0.15, -0.1) is 0 Å². The number of hydrogen-bond acceptors (Lipinski definition) is 1. The van der Waals surface area contributed by atoms with Crippen LogP contribution >= 0.6 is 0 Å². The van der Waals surface area contributed by atoms with E-state index in [2.05, 4.69) is 5.10 Å². The molecule has 68 valence electrons. The number of nitrogens with zero attached hydrogens (tertiary/aromatic N) is 2. The molecule has 1 aromatic heterocycles. The topological polar surface area (TPSA) is 17.8 Å². The van der Waals surface area contributed by atoms with Crippen LogP contribution in [0.3, 0.4) is 0 Å². The fourth-order valence-electron chi connectivity index (χ4n) is 0.925. The summed E-state index contributed by atoms with van der Waals surface area (Å²) in [6, 6.07) is 0. The van der Waals surface area contributed by atoms with Gasteiger partial charge in [0.15, 0.2) is 0 Å². The van der Waals surface area contributed by atoms with Crippen molar-refractivity contribution in [1.82, 2.24) is 9.78 Å². The van der Waals surface area contributed by atoms with Gasteiger partial charge in [-0.3, -0.25) is 0 Å². The molecule has 1 rings (SSSR count). The Kier molecular flexibility index (Phi) is 1.94. The third-order valence-electron chi connectivity index (χ3n) is 1.57. The highest BCUT2D eigenvalue weighted by molar-refractivity contribution is 5.03. The summed E-state index contributed by atoms with van der Waals surface area (Å²) >= 11 is 0. The van der Waals surface area contributed by atoms with Crippen LogP contribution in [0.4, 0.5) is 8.78 Å². The van der Waals surface area contributed by atoms with Crippen LogP contribution in [0, 0.1) is 18.7 Å². The summed E-state index contributed by atoms with van der Waals surface area (Å²) in [5.41, 5.74) is -0.415. The zero-order chi connectivity index (χ0) is 9.52. The minimum atomic E-state index is -0.889. The maximum absolute atomic E-state index is 13.0. The van der Waals surface area contributed by atoms with E-state index >= 15 is 0 Å². The first-order valence-electron chi connectivity index (χ1n) is 3.75. The summed E-state index contributed by atoms with van der Waals surface area (Å²) in [5.74, 6) is -1.75. The van der Waals surface area contributed by atoms with Crippen molar-refractivity contribution in [3.05, 3.63) is 17.5 Å². The smallest absolute Gasteiger partial charge is 0.231 e. The second-order valence-electron chi connectivity index (χ2n) is 3.77. The lowest BCUT2D eigenvalue weighted by Crippen LogP contribution is -2.25. The van der Waals surface area contributed by atoms with Crippen molar-refractivity contribution in [2.24, 2.45) is 0 Å². The van der Waals surface area contributed by atoms with Crippen molar-refractivity contribution in [2.45, 2.75) is 33.2 Å². The van der Waals surface area contributed by atoms with Crippen molar-refractivity contribution >= 4 is 0 Å². The molecule has 0 saturated carbocycles. The molecule has 0 aliphatic carbocycles. The summed E-state index contributed by atoms with van der Waals surface area (Å²) in [7, 11) is 0. The minimum absolute atomic E-state index is 0.0995. The lowest BCUT2D eigenvalue weighted by atomic mass is 10.1. The number of aryl methyl sites for hydroxylation is 1. The van der Waals surface area contributed by atoms with Crippen LogP contribution < -0.4 is 0 Å². The fraction of sp³-hybridized carbons (Fsp3) is 0.625. The standard InChI is InChI=1S/C8H12F2N2/c1-5-6(9)7(10)12(11-5)8(2,3)4/h1-4H3. The molecular weight excluding hydrogens is 162 g/mol. The molecule has 0 saturated heterocycles. The second kappa shape index (κ2) is 2.54. The molecule has 0 bridgehead atoms. The van der Waals surface area contributed by atoms with Gasteiger partial charge in [0.25, 0.3) is 0 Å². The summed E-state index contributed by atoms with van der Waals surface area (Å²) in [6.07, 6.45) is 0. The molecule has 0 aliphatic rings. The molecule has 2 nitrogen and oxygen atoms in total. The molecule has 0 aromatic carbocycles. The molecule has 0 spiro atoms. The summed E-state index contributed by atoms with van der Waals surface area (Å²) in [5, 5.41) is 3.75. The molecular formula is C8H12F2N2. The Bertz CT molecular complexity index is 297. The van der Waals surface area contributed by atoms with E-state index in [1.165, 1.54) is 6.92 Å². The Labute approximate surface area is 70.2 Å². The van der Waals surface area contributed by atoms with Crippen LogP contribution in [0.1, 0.15) is 26.5 Å². The van der Waals surface area contributed by atoms with Crippen molar-refractivity contribution in [1.29, 1.82) is 0 Å². The van der Waals surface area contributed by atoms with Crippen LogP contribution in [0.25, 0.3) is 0 Å². The van der Waals surface area contributed by atoms with E-state index in [4.69, 9.17) is 0 Å². The Hall–Kier alpha value is -0.930. The number of aromatic nitrogens is 2. The van der Waals surface area contributed by atoms with Crippen molar-refractivity contribution in [3.8, 4) is 0 Å². The number of rotatable bonds is 0. The van der Waals surface area contributed by atoms with Gasteiger partial charge >= 0.3 is 0 Å². The predicted octanol–water partition coefficient (Wildman–Crippen LogP) is 2.22. The molecule has 0 N–H and O–H groups in total. The van der Waals surface area contributed by atoms with E-state index in [9.17, 15) is 8.78 Å². The fourth-order valence-corrected chi connectivity index (χ4v) is 0.925. The molecule has 1 aromatic rings. The first-order chi connectivity index (χ1) is 5.34. The van der Waals surface area contributed by atoms with Crippen LogP contribution in [0.15, 0.2) is 0 Å². The number of hydrogen-bond donors (Lipinski definition) is 0. The normalized spacial score (nSPS) is 12.2. The third-order valence-corrected chi connectivity index (χ3v) is 1.57. The van der Waals surface area contributed by atoms with Gasteiger partial charge in [0.05, 0.1) is 11.2 Å². The molecule has 12 heavy (non-hydrogen) atoms. The molecule has 0 amide bonds. The maximum Gasteiger partial charge on any atom is 0.248 e. The highest BCUT2D eigenvalue weighted by atomic mass is 19.2. The van der Waals surface area contributed by atoms with E-state index in [-0.39, 0.29) is 5.69 Å². The van der Waals surface area contributed by atoms with Crippen LogP contribution in [0.2, 0.25) is 0 Å². The van der Waals surface area contributed by atoms with Crippen molar-refractivity contribution < 1.29 is 8.78 Å². The van der Waals surface area contributed by atoms with Gasteiger partial charge in [-0.2, -0.15) is 13.9 Å². The van der Waals surface area contributed by atoms with Crippen LogP contribution in [-0.4, -0.2) is 9.78 Å². The summed E-state index contributed by atoms with van der Waals surface area (Å²) < 4.78 is 26.9. The van der Waals surface area contributed by atoms with Gasteiger partial charge in [0.2, 0.25) is 11.8 Å². The zero-order valence-electron chi connectivity index (χ0n) is 7.65. The third kappa shape index (κ3) is 1.33. The molecule has 0 radical (unpaired) electrons. The van der Waals surface area contributed by atoms with Crippen molar-refractivity contribution in [3.63, 3.8) is 0 Å². The van der Waals surface area contributed by atoms with Gasteiger partial charge in [-0.1, -0.05) is 0 Å². The highest BCUT2D eigenvalue weighted by Gasteiger charge is 2.23. The van der Waals surface area contributed by atoms with E-state index < -0.39 is 17.3 Å². The highest BCUT2D eigenvalue weighted by Crippen LogP contribution is 2.18. The average Bonchev–Trinajstić information content (AvgIpc) is 2.15. The molecule has 0 atom stereocenters. The number of halogens is 2. The summed E-state index contributed by atoms with van der Waals surface area (Å²) in [6.45, 7) is 6.74. The van der Waals surface area contributed by atoms with Gasteiger partial charge in [-0.25, -0.2) is 4.68 Å². The first-order valence-corrected chi connectivity index (χ1v) is 3.75. The SMILES string of the molecule is Cc1nn(C(C)(C)C)c(F)c1F. The molecule has 0 aliphatic heterocycles. The van der Waals surface area contributed by atoms with Crippen LogP contribution in [-0.2, 0) is 5.54 Å². The van der Waals surface area contributed by atoms with E-state index in [0.717, 1.165) is 4.68 Å². The molecule has 0 unspecified atom stereocenters. The Morgan fingerprint density at radius 1 is 1.25 bits per heavy atom. The quantitative estimate of drug-likeness (QED) is 0.589. The van der Waals surface area contributed by atoms with E-state index in [1.807, 2.05) is 0 Å². The Morgan fingerprint density at radius 3 is 1.92 bits per heavy atom.